The molecule has 1 atom stereocenters. The van der Waals surface area contributed by atoms with Crippen molar-refractivity contribution in [2.75, 3.05) is 12.3 Å². The molecule has 1 aromatic heterocycles. The highest BCUT2D eigenvalue weighted by molar-refractivity contribution is 8.76. The highest BCUT2D eigenvalue weighted by Gasteiger charge is 2.48. The third kappa shape index (κ3) is 7.30. The van der Waals surface area contributed by atoms with E-state index < -0.39 is 39.6 Å². The summed E-state index contributed by atoms with van der Waals surface area (Å²) in [5, 5.41) is 1.35. The molecule has 0 aliphatic carbocycles. The molecule has 11 nitrogen and oxygen atoms in total. The molecule has 2 N–H and O–H groups in total. The molecule has 0 spiro atoms. The molecule has 0 saturated carbocycles. The van der Waals surface area contributed by atoms with Gasteiger partial charge in [-0.2, -0.15) is 8.42 Å². The van der Waals surface area contributed by atoms with Crippen LogP contribution >= 0.6 is 21.6 Å². The molecule has 2 rings (SSSR count). The first-order valence-electron chi connectivity index (χ1n) is 8.19. The van der Waals surface area contributed by atoms with E-state index in [0.29, 0.717) is 5.75 Å². The van der Waals surface area contributed by atoms with Gasteiger partial charge < -0.3 is 10.2 Å². The predicted molar refractivity (Wildman–Crippen MR) is 103 cm³/mol. The summed E-state index contributed by atoms with van der Waals surface area (Å²) in [4.78, 5) is 55.4. The number of nitrogens with zero attached hydrogens (tertiary/aromatic N) is 2. The standard InChI is InChI=1S/C15H17N3O8S3/c19-11(5-8-27-28-12-3-1-2-6-17-12)16-7-4-14(21)26-18-13(20)9-10(15(18)22)29(23,24)25/h1-3,6,10H,4-5,7-9H2,(H,16,19)(H,23,24,25). The minimum atomic E-state index is -4.78. The second-order valence-electron chi connectivity index (χ2n) is 5.62. The van der Waals surface area contributed by atoms with Crippen LogP contribution < -0.4 is 5.32 Å². The summed E-state index contributed by atoms with van der Waals surface area (Å²) in [7, 11) is -1.90. The zero-order chi connectivity index (χ0) is 21.4. The van der Waals surface area contributed by atoms with Gasteiger partial charge in [0.15, 0.2) is 5.25 Å². The average Bonchev–Trinajstić information content (AvgIpc) is 2.94. The van der Waals surface area contributed by atoms with E-state index in [-0.39, 0.29) is 30.4 Å². The van der Waals surface area contributed by atoms with Gasteiger partial charge in [0.05, 0.1) is 12.8 Å². The third-order valence-corrected chi connectivity index (χ3v) is 6.81. The molecule has 29 heavy (non-hydrogen) atoms. The van der Waals surface area contributed by atoms with Gasteiger partial charge in [-0.3, -0.25) is 18.9 Å². The molecule has 1 aliphatic rings. The zero-order valence-electron chi connectivity index (χ0n) is 14.8. The Morgan fingerprint density at radius 1 is 1.31 bits per heavy atom. The largest absolute Gasteiger partial charge is 0.355 e. The number of hydroxylamine groups is 2. The molecule has 158 valence electrons. The molecule has 0 aromatic carbocycles. The second-order valence-corrected chi connectivity index (χ2v) is 9.66. The van der Waals surface area contributed by atoms with Crippen molar-refractivity contribution in [1.82, 2.24) is 15.4 Å². The molecule has 0 bridgehead atoms. The Labute approximate surface area is 174 Å². The van der Waals surface area contributed by atoms with E-state index in [1.54, 1.807) is 12.3 Å². The number of rotatable bonds is 10. The Bertz CT molecular complexity index is 878. The Balaban J connectivity index is 1.63. The lowest BCUT2D eigenvalue weighted by molar-refractivity contribution is -0.197. The lowest BCUT2D eigenvalue weighted by Crippen LogP contribution is -2.37. The highest BCUT2D eigenvalue weighted by atomic mass is 33.1. The lowest BCUT2D eigenvalue weighted by Gasteiger charge is -2.13. The van der Waals surface area contributed by atoms with Crippen LogP contribution in [0.2, 0.25) is 0 Å². The highest BCUT2D eigenvalue weighted by Crippen LogP contribution is 2.29. The smallest absolute Gasteiger partial charge is 0.334 e. The first-order chi connectivity index (χ1) is 13.7. The van der Waals surface area contributed by atoms with E-state index in [1.165, 1.54) is 21.6 Å². The number of hydrogen-bond donors (Lipinski definition) is 2. The first kappa shape index (κ1) is 23.1. The molecule has 3 amide bonds. The third-order valence-electron chi connectivity index (χ3n) is 3.46. The fraction of sp³-hybridized carbons (Fsp3) is 0.400. The molecule has 1 aliphatic heterocycles. The van der Waals surface area contributed by atoms with E-state index in [2.05, 4.69) is 15.1 Å². The summed E-state index contributed by atoms with van der Waals surface area (Å²) in [5.41, 5.74) is 0. The van der Waals surface area contributed by atoms with Crippen LogP contribution in [0.4, 0.5) is 0 Å². The monoisotopic (exact) mass is 463 g/mol. The van der Waals surface area contributed by atoms with Crippen LogP contribution in [0.5, 0.6) is 0 Å². The van der Waals surface area contributed by atoms with Crippen molar-refractivity contribution >= 4 is 55.4 Å². The van der Waals surface area contributed by atoms with Gasteiger partial charge in [0.2, 0.25) is 5.91 Å². The SMILES string of the molecule is O=C(CCSSc1ccccn1)NCCC(=O)ON1C(=O)CC(S(=O)(=O)O)C1=O. The van der Waals surface area contributed by atoms with E-state index in [4.69, 9.17) is 4.55 Å². The van der Waals surface area contributed by atoms with Gasteiger partial charge in [-0.15, -0.1) is 5.06 Å². The molecular weight excluding hydrogens is 446 g/mol. The van der Waals surface area contributed by atoms with Gasteiger partial charge in [-0.1, -0.05) is 16.9 Å². The molecular formula is C15H17N3O8S3. The van der Waals surface area contributed by atoms with Crippen molar-refractivity contribution in [1.29, 1.82) is 0 Å². The lowest BCUT2D eigenvalue weighted by atomic mass is 10.4. The van der Waals surface area contributed by atoms with Crippen LogP contribution in [0.3, 0.4) is 0 Å². The number of carbonyl (C=O) groups excluding carboxylic acids is 4. The number of pyridine rings is 1. The number of imide groups is 1. The van der Waals surface area contributed by atoms with E-state index >= 15 is 0 Å². The number of amides is 3. The molecule has 0 radical (unpaired) electrons. The first-order valence-corrected chi connectivity index (χ1v) is 12.0. The van der Waals surface area contributed by atoms with Crippen molar-refractivity contribution in [3.8, 4) is 0 Å². The fourth-order valence-corrected chi connectivity index (χ4v) is 4.66. The maximum Gasteiger partial charge on any atom is 0.334 e. The molecule has 1 aromatic rings. The summed E-state index contributed by atoms with van der Waals surface area (Å²) in [6.45, 7) is -0.0896. The number of aromatic nitrogens is 1. The van der Waals surface area contributed by atoms with E-state index in [0.717, 1.165) is 5.03 Å². The average molecular weight is 464 g/mol. The summed E-state index contributed by atoms with van der Waals surface area (Å²) in [5.74, 6) is -3.18. The molecule has 2 heterocycles. The van der Waals surface area contributed by atoms with Gasteiger partial charge in [-0.25, -0.2) is 9.78 Å². The molecule has 1 fully saturated rings. The summed E-state index contributed by atoms with van der Waals surface area (Å²) in [6, 6.07) is 5.50. The minimum Gasteiger partial charge on any atom is -0.355 e. The van der Waals surface area contributed by atoms with Gasteiger partial charge in [-0.05, 0) is 22.9 Å². The minimum absolute atomic E-state index is 0.0219. The maximum atomic E-state index is 11.7. The van der Waals surface area contributed by atoms with Crippen molar-refractivity contribution in [2.45, 2.75) is 29.5 Å². The Morgan fingerprint density at radius 2 is 2.07 bits per heavy atom. The Morgan fingerprint density at radius 3 is 2.69 bits per heavy atom. The molecule has 14 heteroatoms. The summed E-state index contributed by atoms with van der Waals surface area (Å²) >= 11 is 0. The predicted octanol–water partition coefficient (Wildman–Crippen LogP) is 0.192. The maximum absolute atomic E-state index is 11.7. The van der Waals surface area contributed by atoms with E-state index in [9.17, 15) is 27.6 Å². The van der Waals surface area contributed by atoms with Crippen LogP contribution in [0.1, 0.15) is 19.3 Å². The van der Waals surface area contributed by atoms with Crippen LogP contribution in [-0.2, 0) is 34.1 Å². The van der Waals surface area contributed by atoms with Crippen LogP contribution in [-0.4, -0.2) is 64.3 Å². The van der Waals surface area contributed by atoms with Crippen molar-refractivity contribution < 1.29 is 37.0 Å². The summed E-state index contributed by atoms with van der Waals surface area (Å²) in [6.07, 6.45) is 0.727. The van der Waals surface area contributed by atoms with E-state index in [1.807, 2.05) is 12.1 Å². The fourth-order valence-electron chi connectivity index (χ4n) is 2.08. The van der Waals surface area contributed by atoms with Gasteiger partial charge in [0.25, 0.3) is 21.9 Å². The number of hydrogen-bond acceptors (Lipinski definition) is 10. The second kappa shape index (κ2) is 10.6. The van der Waals surface area contributed by atoms with Crippen LogP contribution in [0.15, 0.2) is 29.4 Å². The van der Waals surface area contributed by atoms with Crippen molar-refractivity contribution in [2.24, 2.45) is 0 Å². The number of nitrogens with one attached hydrogen (secondary N) is 1. The molecule has 1 saturated heterocycles. The number of carbonyl (C=O) groups is 4. The van der Waals surface area contributed by atoms with Crippen molar-refractivity contribution in [3.63, 3.8) is 0 Å². The molecule has 1 unspecified atom stereocenters. The topological polar surface area (TPSA) is 160 Å². The quantitative estimate of drug-likeness (QED) is 0.211. The van der Waals surface area contributed by atoms with Crippen LogP contribution in [0.25, 0.3) is 0 Å². The normalized spacial score (nSPS) is 16.7. The van der Waals surface area contributed by atoms with Crippen molar-refractivity contribution in [3.05, 3.63) is 24.4 Å². The van der Waals surface area contributed by atoms with Gasteiger partial charge in [0.1, 0.15) is 5.03 Å². The Hall–Kier alpha value is -2.16. The summed E-state index contributed by atoms with van der Waals surface area (Å²) < 4.78 is 30.9. The Kier molecular flexibility index (Phi) is 8.43. The zero-order valence-corrected chi connectivity index (χ0v) is 17.3. The van der Waals surface area contributed by atoms with Crippen LogP contribution in [0, 0.1) is 0 Å². The van der Waals surface area contributed by atoms with Gasteiger partial charge in [0, 0.05) is 24.9 Å². The van der Waals surface area contributed by atoms with Gasteiger partial charge >= 0.3 is 5.97 Å².